The van der Waals surface area contributed by atoms with Crippen LogP contribution < -0.4 is 5.32 Å². The molecule has 2 aliphatic rings. The SMILES string of the molecule is Cc1ccc(C2NC(=O)C3=C2CCCC3)cc1. The van der Waals surface area contributed by atoms with Crippen LogP contribution in [0.25, 0.3) is 0 Å². The van der Waals surface area contributed by atoms with Crippen LogP contribution >= 0.6 is 0 Å². The van der Waals surface area contributed by atoms with Gasteiger partial charge in [-0.2, -0.15) is 0 Å². The van der Waals surface area contributed by atoms with E-state index >= 15 is 0 Å². The molecule has 1 heterocycles. The van der Waals surface area contributed by atoms with E-state index in [0.717, 1.165) is 24.8 Å². The van der Waals surface area contributed by atoms with Gasteiger partial charge in [0.2, 0.25) is 5.91 Å². The molecule has 0 saturated heterocycles. The van der Waals surface area contributed by atoms with Gasteiger partial charge in [0.1, 0.15) is 0 Å². The fraction of sp³-hybridized carbons (Fsp3) is 0.400. The number of hydrogen-bond donors (Lipinski definition) is 1. The third-order valence-electron chi connectivity index (χ3n) is 3.82. The van der Waals surface area contributed by atoms with Crippen molar-refractivity contribution in [2.75, 3.05) is 0 Å². The summed E-state index contributed by atoms with van der Waals surface area (Å²) in [6.07, 6.45) is 4.42. The molecular weight excluding hydrogens is 210 g/mol. The monoisotopic (exact) mass is 227 g/mol. The van der Waals surface area contributed by atoms with Crippen LogP contribution in [0.1, 0.15) is 42.9 Å². The lowest BCUT2D eigenvalue weighted by molar-refractivity contribution is -0.117. The lowest BCUT2D eigenvalue weighted by Crippen LogP contribution is -2.21. The van der Waals surface area contributed by atoms with Gasteiger partial charge in [-0.15, -0.1) is 0 Å². The summed E-state index contributed by atoms with van der Waals surface area (Å²) in [5.74, 6) is 0.158. The van der Waals surface area contributed by atoms with Crippen molar-refractivity contribution in [2.45, 2.75) is 38.6 Å². The molecule has 2 heteroatoms. The molecule has 1 aliphatic carbocycles. The van der Waals surface area contributed by atoms with Crippen molar-refractivity contribution >= 4 is 5.91 Å². The molecule has 0 aromatic heterocycles. The maximum Gasteiger partial charge on any atom is 0.247 e. The number of nitrogens with one attached hydrogen (secondary N) is 1. The van der Waals surface area contributed by atoms with Crippen LogP contribution in [0, 0.1) is 6.92 Å². The number of carbonyl (C=O) groups is 1. The Morgan fingerprint density at radius 3 is 2.59 bits per heavy atom. The van der Waals surface area contributed by atoms with Crippen LogP contribution in [0.4, 0.5) is 0 Å². The Balaban J connectivity index is 1.97. The molecule has 0 fully saturated rings. The van der Waals surface area contributed by atoms with Crippen LogP contribution in [0.2, 0.25) is 0 Å². The van der Waals surface area contributed by atoms with Crippen LogP contribution in [-0.2, 0) is 4.79 Å². The van der Waals surface area contributed by atoms with Gasteiger partial charge >= 0.3 is 0 Å². The van der Waals surface area contributed by atoms with E-state index in [1.54, 1.807) is 0 Å². The topological polar surface area (TPSA) is 29.1 Å². The molecule has 0 bridgehead atoms. The number of aryl methyl sites for hydroxylation is 1. The highest BCUT2D eigenvalue weighted by molar-refractivity contribution is 5.98. The molecule has 3 rings (SSSR count). The van der Waals surface area contributed by atoms with Gasteiger partial charge in [-0.25, -0.2) is 0 Å². The van der Waals surface area contributed by atoms with E-state index in [0.29, 0.717) is 0 Å². The molecule has 1 aliphatic heterocycles. The van der Waals surface area contributed by atoms with Gasteiger partial charge in [-0.1, -0.05) is 29.8 Å². The van der Waals surface area contributed by atoms with E-state index in [1.807, 2.05) is 0 Å². The number of carbonyl (C=O) groups excluding carboxylic acids is 1. The molecule has 1 amide bonds. The quantitative estimate of drug-likeness (QED) is 0.785. The summed E-state index contributed by atoms with van der Waals surface area (Å²) in [6, 6.07) is 8.62. The van der Waals surface area contributed by atoms with Crippen LogP contribution in [0.3, 0.4) is 0 Å². The second-order valence-electron chi connectivity index (χ2n) is 5.03. The zero-order chi connectivity index (χ0) is 11.8. The molecule has 2 nitrogen and oxygen atoms in total. The first-order chi connectivity index (χ1) is 8.25. The minimum Gasteiger partial charge on any atom is -0.342 e. The van der Waals surface area contributed by atoms with Crippen molar-refractivity contribution in [2.24, 2.45) is 0 Å². The summed E-state index contributed by atoms with van der Waals surface area (Å²) >= 11 is 0. The first kappa shape index (κ1) is 10.6. The summed E-state index contributed by atoms with van der Waals surface area (Å²) in [5.41, 5.74) is 4.87. The Morgan fingerprint density at radius 2 is 1.82 bits per heavy atom. The fourth-order valence-corrected chi connectivity index (χ4v) is 2.86. The Hall–Kier alpha value is -1.57. The minimum absolute atomic E-state index is 0.137. The number of amides is 1. The maximum absolute atomic E-state index is 11.9. The highest BCUT2D eigenvalue weighted by Gasteiger charge is 2.33. The molecule has 1 N–H and O–H groups in total. The van der Waals surface area contributed by atoms with Crippen molar-refractivity contribution in [3.05, 3.63) is 46.5 Å². The molecule has 0 radical (unpaired) electrons. The van der Waals surface area contributed by atoms with E-state index in [1.165, 1.54) is 23.1 Å². The second kappa shape index (κ2) is 4.02. The van der Waals surface area contributed by atoms with Gasteiger partial charge in [0.25, 0.3) is 0 Å². The average Bonchev–Trinajstić information content (AvgIpc) is 2.69. The molecule has 0 saturated carbocycles. The molecule has 17 heavy (non-hydrogen) atoms. The average molecular weight is 227 g/mol. The van der Waals surface area contributed by atoms with Crippen molar-refractivity contribution in [3.63, 3.8) is 0 Å². The van der Waals surface area contributed by atoms with E-state index < -0.39 is 0 Å². The zero-order valence-corrected chi connectivity index (χ0v) is 10.1. The summed E-state index contributed by atoms with van der Waals surface area (Å²) in [7, 11) is 0. The highest BCUT2D eigenvalue weighted by Crippen LogP contribution is 2.38. The maximum atomic E-state index is 11.9. The number of rotatable bonds is 1. The summed E-state index contributed by atoms with van der Waals surface area (Å²) in [4.78, 5) is 11.9. The number of benzene rings is 1. The molecule has 0 spiro atoms. The second-order valence-corrected chi connectivity index (χ2v) is 5.03. The number of hydrogen-bond acceptors (Lipinski definition) is 1. The Morgan fingerprint density at radius 1 is 1.12 bits per heavy atom. The van der Waals surface area contributed by atoms with Gasteiger partial charge in [-0.3, -0.25) is 4.79 Å². The Kier molecular flexibility index (Phi) is 2.50. The molecule has 1 unspecified atom stereocenters. The predicted molar refractivity (Wildman–Crippen MR) is 67.6 cm³/mol. The summed E-state index contributed by atoms with van der Waals surface area (Å²) < 4.78 is 0. The zero-order valence-electron chi connectivity index (χ0n) is 10.1. The van der Waals surface area contributed by atoms with Gasteiger partial charge in [0.15, 0.2) is 0 Å². The van der Waals surface area contributed by atoms with Crippen molar-refractivity contribution in [3.8, 4) is 0 Å². The van der Waals surface area contributed by atoms with E-state index in [4.69, 9.17) is 0 Å². The van der Waals surface area contributed by atoms with Gasteiger partial charge in [-0.05, 0) is 43.7 Å². The van der Waals surface area contributed by atoms with Crippen molar-refractivity contribution in [1.82, 2.24) is 5.32 Å². The molecule has 1 aromatic rings. The third kappa shape index (κ3) is 1.78. The van der Waals surface area contributed by atoms with Gasteiger partial charge in [0, 0.05) is 5.57 Å². The van der Waals surface area contributed by atoms with E-state index in [2.05, 4.69) is 36.5 Å². The summed E-state index contributed by atoms with van der Waals surface area (Å²) in [6.45, 7) is 2.09. The predicted octanol–water partition coefficient (Wildman–Crippen LogP) is 3.04. The summed E-state index contributed by atoms with van der Waals surface area (Å²) in [5, 5.41) is 3.12. The first-order valence-electron chi connectivity index (χ1n) is 6.35. The molecule has 1 atom stereocenters. The van der Waals surface area contributed by atoms with Crippen LogP contribution in [0.15, 0.2) is 35.4 Å². The Bertz CT molecular complexity index is 484. The highest BCUT2D eigenvalue weighted by atomic mass is 16.2. The largest absolute Gasteiger partial charge is 0.342 e. The first-order valence-corrected chi connectivity index (χ1v) is 6.35. The standard InChI is InChI=1S/C15H17NO/c1-10-6-8-11(9-7-10)14-12-4-2-3-5-13(12)15(17)16-14/h6-9,14H,2-5H2,1H3,(H,16,17). The van der Waals surface area contributed by atoms with Crippen LogP contribution in [0.5, 0.6) is 0 Å². The molecule has 1 aromatic carbocycles. The normalized spacial score (nSPS) is 23.6. The fourth-order valence-electron chi connectivity index (χ4n) is 2.86. The minimum atomic E-state index is 0.137. The molecule has 88 valence electrons. The van der Waals surface area contributed by atoms with Crippen molar-refractivity contribution in [1.29, 1.82) is 0 Å². The van der Waals surface area contributed by atoms with E-state index in [9.17, 15) is 4.79 Å². The molecular formula is C15H17NO. The lowest BCUT2D eigenvalue weighted by atomic mass is 9.88. The lowest BCUT2D eigenvalue weighted by Gasteiger charge is -2.18. The smallest absolute Gasteiger partial charge is 0.247 e. The van der Waals surface area contributed by atoms with Crippen molar-refractivity contribution < 1.29 is 4.79 Å². The van der Waals surface area contributed by atoms with Crippen LogP contribution in [-0.4, -0.2) is 5.91 Å². The van der Waals surface area contributed by atoms with Gasteiger partial charge < -0.3 is 5.32 Å². The third-order valence-corrected chi connectivity index (χ3v) is 3.82. The Labute approximate surface area is 102 Å². The van der Waals surface area contributed by atoms with E-state index in [-0.39, 0.29) is 11.9 Å². The van der Waals surface area contributed by atoms with Gasteiger partial charge in [0.05, 0.1) is 6.04 Å².